The summed E-state index contributed by atoms with van der Waals surface area (Å²) in [5.41, 5.74) is 3.94. The Bertz CT molecular complexity index is 785. The molecule has 6 heteroatoms. The molecule has 0 amide bonds. The van der Waals surface area contributed by atoms with E-state index in [9.17, 15) is 4.79 Å². The lowest BCUT2D eigenvalue weighted by atomic mass is 10.1. The maximum atomic E-state index is 10.7. The predicted octanol–water partition coefficient (Wildman–Crippen LogP) is 3.50. The minimum Gasteiger partial charge on any atom is -0.481 e. The summed E-state index contributed by atoms with van der Waals surface area (Å²) in [6.45, 7) is 0. The average Bonchev–Trinajstić information content (AvgIpc) is 2.96. The van der Waals surface area contributed by atoms with Crippen LogP contribution in [0.2, 0.25) is 0 Å². The maximum Gasteiger partial charge on any atom is 0.309 e. The molecule has 116 valence electrons. The van der Waals surface area contributed by atoms with E-state index < -0.39 is 5.97 Å². The molecule has 0 fully saturated rings. The van der Waals surface area contributed by atoms with Gasteiger partial charge in [-0.05, 0) is 41.8 Å². The Labute approximate surface area is 137 Å². The Morgan fingerprint density at radius 1 is 1.09 bits per heavy atom. The molecular weight excluding hydrogens is 310 g/mol. The van der Waals surface area contributed by atoms with Gasteiger partial charge in [0.25, 0.3) is 0 Å². The number of anilines is 2. The number of nitrogens with zero attached hydrogens (tertiary/aromatic N) is 2. The fraction of sp³-hybridized carbons (Fsp3) is 0.118. The van der Waals surface area contributed by atoms with Gasteiger partial charge in [0.1, 0.15) is 0 Å². The zero-order valence-corrected chi connectivity index (χ0v) is 13.1. The number of benzene rings is 1. The zero-order chi connectivity index (χ0) is 16.1. The van der Waals surface area contributed by atoms with Gasteiger partial charge in [-0.1, -0.05) is 12.1 Å². The molecule has 0 radical (unpaired) electrons. The summed E-state index contributed by atoms with van der Waals surface area (Å²) in [5.74, 6) is -0.873. The second kappa shape index (κ2) is 7.02. The van der Waals surface area contributed by atoms with Crippen LogP contribution in [0.15, 0.2) is 54.2 Å². The second-order valence-electron chi connectivity index (χ2n) is 5.07. The van der Waals surface area contributed by atoms with Crippen LogP contribution in [0.1, 0.15) is 16.8 Å². The standard InChI is InChI=1S/C17H15N3O2S/c21-16(22)10-15-11-23-17(20-15)19-14-3-1-12(2-4-14)9-13-5-7-18-8-6-13/h1-8,11H,9-10H2,(H,19,20)(H,21,22). The highest BCUT2D eigenvalue weighted by Gasteiger charge is 2.06. The number of nitrogens with one attached hydrogen (secondary N) is 1. The van der Waals surface area contributed by atoms with Gasteiger partial charge >= 0.3 is 5.97 Å². The summed E-state index contributed by atoms with van der Waals surface area (Å²) in [6.07, 6.45) is 4.40. The van der Waals surface area contributed by atoms with Crippen molar-refractivity contribution in [3.8, 4) is 0 Å². The van der Waals surface area contributed by atoms with Crippen molar-refractivity contribution in [3.05, 3.63) is 71.0 Å². The zero-order valence-electron chi connectivity index (χ0n) is 12.3. The summed E-state index contributed by atoms with van der Waals surface area (Å²) in [5, 5.41) is 14.4. The summed E-state index contributed by atoms with van der Waals surface area (Å²) < 4.78 is 0. The number of hydrogen-bond donors (Lipinski definition) is 2. The summed E-state index contributed by atoms with van der Waals surface area (Å²) in [7, 11) is 0. The average molecular weight is 325 g/mol. The first-order valence-electron chi connectivity index (χ1n) is 7.10. The normalized spacial score (nSPS) is 10.4. The summed E-state index contributed by atoms with van der Waals surface area (Å²) >= 11 is 1.40. The molecule has 5 nitrogen and oxygen atoms in total. The number of pyridine rings is 1. The van der Waals surface area contributed by atoms with Gasteiger partial charge in [-0.3, -0.25) is 9.78 Å². The molecule has 0 saturated carbocycles. The molecule has 0 aliphatic carbocycles. The van der Waals surface area contributed by atoms with Crippen LogP contribution in [-0.4, -0.2) is 21.0 Å². The lowest BCUT2D eigenvalue weighted by Gasteiger charge is -2.05. The Kier molecular flexibility index (Phi) is 4.63. The van der Waals surface area contributed by atoms with Gasteiger partial charge in [0, 0.05) is 23.5 Å². The number of hydrogen-bond acceptors (Lipinski definition) is 5. The van der Waals surface area contributed by atoms with Crippen LogP contribution in [-0.2, 0) is 17.6 Å². The van der Waals surface area contributed by atoms with E-state index in [1.54, 1.807) is 17.8 Å². The molecule has 0 saturated heterocycles. The molecule has 0 aliphatic rings. The molecular formula is C17H15N3O2S. The fourth-order valence-corrected chi connectivity index (χ4v) is 2.90. The van der Waals surface area contributed by atoms with E-state index in [4.69, 9.17) is 5.11 Å². The molecule has 0 aliphatic heterocycles. The molecule has 2 N–H and O–H groups in total. The molecule has 0 bridgehead atoms. The number of thiazole rings is 1. The number of rotatable bonds is 6. The smallest absolute Gasteiger partial charge is 0.309 e. The minimum absolute atomic E-state index is 0.0525. The minimum atomic E-state index is -0.873. The lowest BCUT2D eigenvalue weighted by Crippen LogP contribution is -2.00. The van der Waals surface area contributed by atoms with Crippen molar-refractivity contribution in [2.75, 3.05) is 5.32 Å². The largest absolute Gasteiger partial charge is 0.481 e. The van der Waals surface area contributed by atoms with Crippen LogP contribution >= 0.6 is 11.3 Å². The summed E-state index contributed by atoms with van der Waals surface area (Å²) in [6, 6.07) is 12.1. The van der Waals surface area contributed by atoms with Gasteiger partial charge in [0.15, 0.2) is 5.13 Å². The van der Waals surface area contributed by atoms with Crippen molar-refractivity contribution in [2.24, 2.45) is 0 Å². The van der Waals surface area contributed by atoms with Crippen molar-refractivity contribution in [3.63, 3.8) is 0 Å². The quantitative estimate of drug-likeness (QED) is 0.725. The predicted molar refractivity (Wildman–Crippen MR) is 90.2 cm³/mol. The van der Waals surface area contributed by atoms with E-state index >= 15 is 0 Å². The van der Waals surface area contributed by atoms with Gasteiger partial charge in [-0.25, -0.2) is 4.98 Å². The van der Waals surface area contributed by atoms with Crippen LogP contribution < -0.4 is 5.32 Å². The van der Waals surface area contributed by atoms with Gasteiger partial charge in [-0.2, -0.15) is 0 Å². The van der Waals surface area contributed by atoms with Crippen LogP contribution in [0.5, 0.6) is 0 Å². The molecule has 2 aromatic heterocycles. The van der Waals surface area contributed by atoms with Gasteiger partial charge < -0.3 is 10.4 Å². The number of carboxylic acid groups (broad SMARTS) is 1. The molecule has 3 aromatic rings. The van der Waals surface area contributed by atoms with E-state index in [0.29, 0.717) is 10.8 Å². The van der Waals surface area contributed by atoms with E-state index in [2.05, 4.69) is 27.4 Å². The van der Waals surface area contributed by atoms with Crippen molar-refractivity contribution < 1.29 is 9.90 Å². The molecule has 1 aromatic carbocycles. The van der Waals surface area contributed by atoms with Gasteiger partial charge in [0.2, 0.25) is 0 Å². The molecule has 3 rings (SSSR count). The Hall–Kier alpha value is -2.73. The Morgan fingerprint density at radius 2 is 1.78 bits per heavy atom. The van der Waals surface area contributed by atoms with Crippen LogP contribution in [0.3, 0.4) is 0 Å². The topological polar surface area (TPSA) is 75.1 Å². The number of carboxylic acids is 1. The van der Waals surface area contributed by atoms with E-state index in [1.165, 1.54) is 22.5 Å². The molecule has 23 heavy (non-hydrogen) atoms. The van der Waals surface area contributed by atoms with Crippen molar-refractivity contribution in [1.82, 2.24) is 9.97 Å². The van der Waals surface area contributed by atoms with E-state index in [0.717, 1.165) is 12.1 Å². The second-order valence-corrected chi connectivity index (χ2v) is 5.93. The molecule has 0 spiro atoms. The Balaban J connectivity index is 1.63. The van der Waals surface area contributed by atoms with Crippen LogP contribution in [0, 0.1) is 0 Å². The molecule has 0 unspecified atom stereocenters. The third-order valence-corrected chi connectivity index (χ3v) is 4.05. The lowest BCUT2D eigenvalue weighted by molar-refractivity contribution is -0.136. The van der Waals surface area contributed by atoms with Crippen LogP contribution in [0.25, 0.3) is 0 Å². The summed E-state index contributed by atoms with van der Waals surface area (Å²) in [4.78, 5) is 18.9. The number of aliphatic carboxylic acids is 1. The monoisotopic (exact) mass is 325 g/mol. The van der Waals surface area contributed by atoms with E-state index in [1.807, 2.05) is 24.3 Å². The molecule has 0 atom stereocenters. The van der Waals surface area contributed by atoms with Crippen molar-refractivity contribution in [2.45, 2.75) is 12.8 Å². The van der Waals surface area contributed by atoms with Crippen molar-refractivity contribution in [1.29, 1.82) is 0 Å². The highest BCUT2D eigenvalue weighted by molar-refractivity contribution is 7.13. The van der Waals surface area contributed by atoms with Gasteiger partial charge in [0.05, 0.1) is 12.1 Å². The third kappa shape index (κ3) is 4.37. The van der Waals surface area contributed by atoms with E-state index in [-0.39, 0.29) is 6.42 Å². The first-order valence-corrected chi connectivity index (χ1v) is 7.98. The highest BCUT2D eigenvalue weighted by Crippen LogP contribution is 2.22. The fourth-order valence-electron chi connectivity index (χ4n) is 2.17. The maximum absolute atomic E-state index is 10.7. The third-order valence-electron chi connectivity index (χ3n) is 3.25. The number of carbonyl (C=O) groups is 1. The first-order chi connectivity index (χ1) is 11.2. The number of aromatic nitrogens is 2. The Morgan fingerprint density at radius 3 is 2.48 bits per heavy atom. The highest BCUT2D eigenvalue weighted by atomic mass is 32.1. The first kappa shape index (κ1) is 15.2. The molecule has 2 heterocycles. The SMILES string of the molecule is O=C(O)Cc1csc(Nc2ccc(Cc3ccncc3)cc2)n1. The van der Waals surface area contributed by atoms with Crippen LogP contribution in [0.4, 0.5) is 10.8 Å². The van der Waals surface area contributed by atoms with Gasteiger partial charge in [-0.15, -0.1) is 11.3 Å². The van der Waals surface area contributed by atoms with Crippen molar-refractivity contribution >= 4 is 28.1 Å².